The van der Waals surface area contributed by atoms with E-state index < -0.39 is 24.2 Å². The van der Waals surface area contributed by atoms with Crippen LogP contribution < -0.4 is 10.6 Å². The van der Waals surface area contributed by atoms with Crippen LogP contribution in [0.2, 0.25) is 0 Å². The molecule has 3 unspecified atom stereocenters. The fourth-order valence-corrected chi connectivity index (χ4v) is 5.28. The van der Waals surface area contributed by atoms with Crippen LogP contribution in [0.3, 0.4) is 0 Å². The summed E-state index contributed by atoms with van der Waals surface area (Å²) in [5.74, 6) is -0.501. The molecular weight excluding hydrogens is 472 g/mol. The molecule has 2 aliphatic heterocycles. The van der Waals surface area contributed by atoms with Crippen LogP contribution in [0.4, 0.5) is 4.79 Å². The highest BCUT2D eigenvalue weighted by Crippen LogP contribution is 2.33. The Labute approximate surface area is 223 Å². The Kier molecular flexibility index (Phi) is 11.4. The van der Waals surface area contributed by atoms with Gasteiger partial charge in [-0.15, -0.1) is 0 Å². The number of Topliss-reactive ketones (excluding diaryl/α,β-unsaturated/α-hetero) is 1. The van der Waals surface area contributed by atoms with Crippen LogP contribution >= 0.6 is 0 Å². The Morgan fingerprint density at radius 2 is 1.51 bits per heavy atom. The highest BCUT2D eigenvalue weighted by Gasteiger charge is 2.45. The zero-order valence-electron chi connectivity index (χ0n) is 23.9. The molecule has 37 heavy (non-hydrogen) atoms. The minimum absolute atomic E-state index is 0.0180. The van der Waals surface area contributed by atoms with Crippen molar-refractivity contribution in [1.82, 2.24) is 20.4 Å². The fraction of sp³-hybridized carbons (Fsp3) is 0.857. The first-order valence-electron chi connectivity index (χ1n) is 14.2. The summed E-state index contributed by atoms with van der Waals surface area (Å²) < 4.78 is 0. The van der Waals surface area contributed by atoms with Gasteiger partial charge in [0.15, 0.2) is 5.78 Å². The number of aliphatic hydroxyl groups excluding tert-OH is 1. The molecular formula is C28H50N4O5. The summed E-state index contributed by atoms with van der Waals surface area (Å²) in [5.41, 5.74) is 0.0754. The van der Waals surface area contributed by atoms with E-state index in [-0.39, 0.29) is 47.9 Å². The number of hydrogen-bond donors (Lipinski definition) is 3. The Balaban J connectivity index is 1.96. The number of likely N-dealkylation sites (tertiary alicyclic amines) is 2. The van der Waals surface area contributed by atoms with Gasteiger partial charge in [-0.3, -0.25) is 14.4 Å². The molecule has 2 aliphatic rings. The first kappa shape index (κ1) is 31.1. The Bertz CT molecular complexity index is 808. The minimum atomic E-state index is -0.816. The second-order valence-electron chi connectivity index (χ2n) is 11.7. The van der Waals surface area contributed by atoms with E-state index in [0.29, 0.717) is 25.9 Å². The van der Waals surface area contributed by atoms with Crippen molar-refractivity contribution in [3.05, 3.63) is 0 Å². The summed E-state index contributed by atoms with van der Waals surface area (Å²) >= 11 is 0. The predicted octanol–water partition coefficient (Wildman–Crippen LogP) is 3.24. The summed E-state index contributed by atoms with van der Waals surface area (Å²) in [6.07, 6.45) is 5.73. The lowest BCUT2D eigenvalue weighted by Crippen LogP contribution is -2.53. The van der Waals surface area contributed by atoms with Crippen molar-refractivity contribution in [3.63, 3.8) is 0 Å². The second kappa shape index (κ2) is 13.6. The molecule has 4 amide bonds. The predicted molar refractivity (Wildman–Crippen MR) is 144 cm³/mol. The van der Waals surface area contributed by atoms with Gasteiger partial charge in [0, 0.05) is 32.5 Å². The number of amides is 4. The van der Waals surface area contributed by atoms with Crippen molar-refractivity contribution in [1.29, 1.82) is 0 Å². The van der Waals surface area contributed by atoms with E-state index in [1.807, 2.05) is 0 Å². The van der Waals surface area contributed by atoms with Crippen LogP contribution in [0, 0.1) is 10.8 Å². The molecule has 2 fully saturated rings. The second-order valence-corrected chi connectivity index (χ2v) is 11.7. The number of carbonyl (C=O) groups excluding carboxylic acids is 4. The van der Waals surface area contributed by atoms with E-state index in [9.17, 15) is 24.3 Å². The summed E-state index contributed by atoms with van der Waals surface area (Å²) in [5, 5.41) is 15.7. The van der Waals surface area contributed by atoms with Crippen molar-refractivity contribution in [2.45, 2.75) is 118 Å². The first-order valence-corrected chi connectivity index (χ1v) is 14.2. The molecule has 9 heteroatoms. The Morgan fingerprint density at radius 3 is 2.11 bits per heavy atom. The third-order valence-electron chi connectivity index (χ3n) is 9.21. The number of nitrogens with zero attached hydrogens (tertiary/aromatic N) is 2. The van der Waals surface area contributed by atoms with Crippen molar-refractivity contribution in [3.8, 4) is 0 Å². The molecule has 0 aromatic rings. The zero-order chi connectivity index (χ0) is 27.8. The molecule has 2 heterocycles. The molecule has 0 radical (unpaired) electrons. The smallest absolute Gasteiger partial charge is 0.318 e. The SMILES string of the molecule is CCC(C)(CC)CCNC(=O)CNC(=O)N1CC(O)CC1C(=O)C1CCCN1C(=O)CC(C)(CC)CC. The van der Waals surface area contributed by atoms with Gasteiger partial charge in [-0.1, -0.05) is 67.2 Å². The Hall–Kier alpha value is -2.16. The molecule has 0 aromatic carbocycles. The van der Waals surface area contributed by atoms with Crippen LogP contribution in [0.1, 0.15) is 99.3 Å². The summed E-state index contributed by atoms with van der Waals surface area (Å²) in [6.45, 7) is 13.6. The van der Waals surface area contributed by atoms with Crippen molar-refractivity contribution in [2.75, 3.05) is 26.2 Å². The fourth-order valence-electron chi connectivity index (χ4n) is 5.28. The van der Waals surface area contributed by atoms with Crippen LogP contribution in [-0.2, 0) is 14.4 Å². The number of ketones is 1. The molecule has 3 atom stereocenters. The zero-order valence-corrected chi connectivity index (χ0v) is 23.9. The van der Waals surface area contributed by atoms with Crippen LogP contribution in [-0.4, -0.2) is 82.9 Å². The molecule has 3 N–H and O–H groups in total. The van der Waals surface area contributed by atoms with Gasteiger partial charge in [-0.05, 0) is 30.1 Å². The highest BCUT2D eigenvalue weighted by molar-refractivity contribution is 5.96. The molecule has 0 spiro atoms. The number of rotatable bonds is 13. The molecule has 0 aromatic heterocycles. The van der Waals surface area contributed by atoms with Gasteiger partial charge in [0.25, 0.3) is 0 Å². The number of hydrogen-bond acceptors (Lipinski definition) is 5. The molecule has 2 rings (SSSR count). The summed E-state index contributed by atoms with van der Waals surface area (Å²) in [4.78, 5) is 54.9. The third-order valence-corrected chi connectivity index (χ3v) is 9.21. The number of nitrogens with one attached hydrogen (secondary N) is 2. The lowest BCUT2D eigenvalue weighted by Gasteiger charge is -2.33. The average Bonchev–Trinajstić information content (AvgIpc) is 3.53. The van der Waals surface area contributed by atoms with E-state index in [1.165, 1.54) is 4.90 Å². The number of urea groups is 1. The number of β-amino-alcohol motifs (C(OH)–C–C–N with tert-alkyl or cyclic N) is 1. The van der Waals surface area contributed by atoms with Crippen LogP contribution in [0.5, 0.6) is 0 Å². The highest BCUT2D eigenvalue weighted by atomic mass is 16.3. The first-order chi connectivity index (χ1) is 17.4. The lowest BCUT2D eigenvalue weighted by atomic mass is 9.81. The monoisotopic (exact) mass is 522 g/mol. The van der Waals surface area contributed by atoms with E-state index in [2.05, 4.69) is 52.2 Å². The maximum absolute atomic E-state index is 13.6. The normalized spacial score (nSPS) is 22.3. The lowest BCUT2D eigenvalue weighted by molar-refractivity contribution is -0.140. The van der Waals surface area contributed by atoms with Crippen LogP contribution in [0.25, 0.3) is 0 Å². The van der Waals surface area contributed by atoms with E-state index in [1.54, 1.807) is 4.90 Å². The van der Waals surface area contributed by atoms with Crippen molar-refractivity contribution < 1.29 is 24.3 Å². The molecule has 212 valence electrons. The average molecular weight is 523 g/mol. The minimum Gasteiger partial charge on any atom is -0.391 e. The van der Waals surface area contributed by atoms with E-state index in [4.69, 9.17) is 0 Å². The van der Waals surface area contributed by atoms with Crippen molar-refractivity contribution in [2.24, 2.45) is 10.8 Å². The number of carbonyl (C=O) groups is 4. The quantitative estimate of drug-likeness (QED) is 0.343. The summed E-state index contributed by atoms with van der Waals surface area (Å²) in [6, 6.07) is -1.93. The maximum Gasteiger partial charge on any atom is 0.318 e. The number of aliphatic hydroxyl groups is 1. The molecule has 0 bridgehead atoms. The molecule has 0 saturated carbocycles. The van der Waals surface area contributed by atoms with E-state index in [0.717, 1.165) is 38.5 Å². The van der Waals surface area contributed by atoms with Crippen molar-refractivity contribution >= 4 is 23.6 Å². The van der Waals surface area contributed by atoms with Crippen LogP contribution in [0.15, 0.2) is 0 Å². The third kappa shape index (κ3) is 8.16. The van der Waals surface area contributed by atoms with Gasteiger partial charge in [-0.25, -0.2) is 4.79 Å². The van der Waals surface area contributed by atoms with Gasteiger partial charge >= 0.3 is 6.03 Å². The van der Waals surface area contributed by atoms with E-state index >= 15 is 0 Å². The Morgan fingerprint density at radius 1 is 0.892 bits per heavy atom. The maximum atomic E-state index is 13.6. The summed E-state index contributed by atoms with van der Waals surface area (Å²) in [7, 11) is 0. The molecule has 0 aliphatic carbocycles. The van der Waals surface area contributed by atoms with Gasteiger partial charge in [0.2, 0.25) is 11.8 Å². The largest absolute Gasteiger partial charge is 0.391 e. The molecule has 9 nitrogen and oxygen atoms in total. The van der Waals surface area contributed by atoms with Gasteiger partial charge in [0.05, 0.1) is 24.7 Å². The standard InChI is InChI=1S/C28H50N4O5/c1-7-27(5,8-2)13-14-29-23(34)18-30-26(37)32-19-20(33)16-22(32)25(36)21-12-11-15-31(21)24(35)17-28(6,9-3)10-4/h20-22,33H,7-19H2,1-6H3,(H,29,34)(H,30,37). The van der Waals surface area contributed by atoms with Gasteiger partial charge < -0.3 is 25.5 Å². The molecule has 2 saturated heterocycles. The van der Waals surface area contributed by atoms with Gasteiger partial charge in [0.1, 0.15) is 0 Å². The topological polar surface area (TPSA) is 119 Å². The van der Waals surface area contributed by atoms with Gasteiger partial charge in [-0.2, -0.15) is 0 Å².